The van der Waals surface area contributed by atoms with Crippen LogP contribution >= 0.6 is 11.5 Å². The van der Waals surface area contributed by atoms with Crippen LogP contribution < -0.4 is 4.90 Å². The molecule has 1 amide bonds. The van der Waals surface area contributed by atoms with E-state index in [0.29, 0.717) is 32.2 Å². The largest absolute Gasteiger partial charge is 0.378 e. The molecular formula is C15H24N4O3S. The number of anilines is 1. The lowest BCUT2D eigenvalue weighted by Crippen LogP contribution is -2.42. The van der Waals surface area contributed by atoms with Crippen LogP contribution in [0.1, 0.15) is 25.1 Å². The van der Waals surface area contributed by atoms with Crippen molar-refractivity contribution in [3.05, 3.63) is 5.82 Å². The highest BCUT2D eigenvalue weighted by Crippen LogP contribution is 2.27. The number of carbonyl (C=O) groups is 1. The maximum atomic E-state index is 12.3. The first-order valence-electron chi connectivity index (χ1n) is 8.18. The number of nitrogens with zero attached hydrogens (tertiary/aromatic N) is 4. The summed E-state index contributed by atoms with van der Waals surface area (Å²) in [5.41, 5.74) is 0. The summed E-state index contributed by atoms with van der Waals surface area (Å²) < 4.78 is 14.7. The van der Waals surface area contributed by atoms with Gasteiger partial charge < -0.3 is 19.3 Å². The number of hydrogen-bond acceptors (Lipinski definition) is 7. The molecule has 128 valence electrons. The fourth-order valence-corrected chi connectivity index (χ4v) is 3.80. The van der Waals surface area contributed by atoms with Crippen LogP contribution in [0.4, 0.5) is 5.13 Å². The molecule has 0 atom stereocenters. The average Bonchev–Trinajstić information content (AvgIpc) is 3.05. The Morgan fingerprint density at radius 2 is 2.04 bits per heavy atom. The van der Waals surface area contributed by atoms with Gasteiger partial charge in [-0.2, -0.15) is 4.37 Å². The van der Waals surface area contributed by atoms with Gasteiger partial charge >= 0.3 is 0 Å². The SMILES string of the molecule is COCc1nsc(N2CCC(CC(=O)N3CCOCC3)CC2)n1. The van der Waals surface area contributed by atoms with Crippen molar-refractivity contribution in [3.8, 4) is 0 Å². The van der Waals surface area contributed by atoms with Crippen LogP contribution in [0.2, 0.25) is 0 Å². The molecule has 0 aliphatic carbocycles. The van der Waals surface area contributed by atoms with Gasteiger partial charge in [0.2, 0.25) is 11.0 Å². The predicted octanol–water partition coefficient (Wildman–Crippen LogP) is 1.15. The number of rotatable bonds is 5. The second-order valence-electron chi connectivity index (χ2n) is 6.05. The van der Waals surface area contributed by atoms with Gasteiger partial charge in [0.1, 0.15) is 6.61 Å². The molecule has 3 heterocycles. The Hall–Kier alpha value is -1.25. The molecule has 2 aliphatic heterocycles. The summed E-state index contributed by atoms with van der Waals surface area (Å²) in [7, 11) is 1.65. The van der Waals surface area contributed by atoms with Crippen molar-refractivity contribution in [2.45, 2.75) is 25.9 Å². The van der Waals surface area contributed by atoms with E-state index in [4.69, 9.17) is 9.47 Å². The summed E-state index contributed by atoms with van der Waals surface area (Å²) in [6.07, 6.45) is 2.74. The van der Waals surface area contributed by atoms with E-state index in [1.165, 1.54) is 11.5 Å². The molecule has 0 aromatic carbocycles. The number of carbonyl (C=O) groups excluding carboxylic acids is 1. The molecule has 7 nitrogen and oxygen atoms in total. The third-order valence-electron chi connectivity index (χ3n) is 4.44. The Morgan fingerprint density at radius 1 is 1.30 bits per heavy atom. The lowest BCUT2D eigenvalue weighted by atomic mass is 9.93. The number of morpholine rings is 1. The summed E-state index contributed by atoms with van der Waals surface area (Å²) in [5, 5.41) is 0.968. The minimum absolute atomic E-state index is 0.282. The summed E-state index contributed by atoms with van der Waals surface area (Å²) in [6.45, 7) is 5.18. The van der Waals surface area contributed by atoms with Crippen molar-refractivity contribution in [1.29, 1.82) is 0 Å². The molecule has 2 aliphatic rings. The smallest absolute Gasteiger partial charge is 0.223 e. The highest BCUT2D eigenvalue weighted by molar-refractivity contribution is 7.09. The topological polar surface area (TPSA) is 67.8 Å². The maximum absolute atomic E-state index is 12.3. The first-order valence-corrected chi connectivity index (χ1v) is 8.95. The van der Waals surface area contributed by atoms with E-state index in [9.17, 15) is 4.79 Å². The normalized spacial score (nSPS) is 20.0. The standard InChI is InChI=1S/C15H24N4O3S/c1-21-11-13-16-15(23-17-13)19-4-2-12(3-5-19)10-14(20)18-6-8-22-9-7-18/h12H,2-11H2,1H3. The minimum atomic E-state index is 0.282. The Balaban J connectivity index is 1.45. The molecule has 1 aromatic heterocycles. The van der Waals surface area contributed by atoms with E-state index in [1.54, 1.807) is 7.11 Å². The van der Waals surface area contributed by atoms with Crippen molar-refractivity contribution in [1.82, 2.24) is 14.3 Å². The van der Waals surface area contributed by atoms with Crippen LogP contribution in [0, 0.1) is 5.92 Å². The maximum Gasteiger partial charge on any atom is 0.223 e. The molecule has 0 spiro atoms. The Morgan fingerprint density at radius 3 is 2.74 bits per heavy atom. The fourth-order valence-electron chi connectivity index (χ4n) is 3.08. The Bertz CT molecular complexity index is 511. The lowest BCUT2D eigenvalue weighted by molar-refractivity contribution is -0.136. The fraction of sp³-hybridized carbons (Fsp3) is 0.800. The van der Waals surface area contributed by atoms with Crippen LogP contribution in [0.15, 0.2) is 0 Å². The number of hydrogen-bond donors (Lipinski definition) is 0. The first-order chi connectivity index (χ1) is 11.3. The van der Waals surface area contributed by atoms with Crippen molar-refractivity contribution in [3.63, 3.8) is 0 Å². The lowest BCUT2D eigenvalue weighted by Gasteiger charge is -2.33. The minimum Gasteiger partial charge on any atom is -0.378 e. The average molecular weight is 340 g/mol. The summed E-state index contributed by atoms with van der Waals surface area (Å²) >= 11 is 1.43. The van der Waals surface area contributed by atoms with E-state index in [-0.39, 0.29) is 5.91 Å². The van der Waals surface area contributed by atoms with Gasteiger partial charge in [0.25, 0.3) is 0 Å². The Labute approximate surface area is 140 Å². The van der Waals surface area contributed by atoms with E-state index in [2.05, 4.69) is 14.3 Å². The molecule has 3 rings (SSSR count). The molecule has 0 bridgehead atoms. The molecule has 0 unspecified atom stereocenters. The second kappa shape index (κ2) is 8.03. The van der Waals surface area contributed by atoms with Crippen LogP contribution in [-0.2, 0) is 20.9 Å². The predicted molar refractivity (Wildman–Crippen MR) is 87.6 cm³/mol. The molecule has 0 radical (unpaired) electrons. The molecule has 1 aromatic rings. The molecular weight excluding hydrogens is 316 g/mol. The summed E-state index contributed by atoms with van der Waals surface area (Å²) in [4.78, 5) is 21.0. The second-order valence-corrected chi connectivity index (χ2v) is 6.78. The van der Waals surface area contributed by atoms with Crippen LogP contribution in [0.25, 0.3) is 0 Å². The quantitative estimate of drug-likeness (QED) is 0.801. The zero-order chi connectivity index (χ0) is 16.1. The number of ether oxygens (including phenoxy) is 2. The van der Waals surface area contributed by atoms with E-state index in [0.717, 1.165) is 50.0 Å². The third-order valence-corrected chi connectivity index (χ3v) is 5.26. The summed E-state index contributed by atoms with van der Waals surface area (Å²) in [6, 6.07) is 0. The van der Waals surface area contributed by atoms with Crippen LogP contribution in [0.3, 0.4) is 0 Å². The van der Waals surface area contributed by atoms with Gasteiger partial charge in [0, 0.05) is 51.2 Å². The molecule has 8 heteroatoms. The van der Waals surface area contributed by atoms with Gasteiger partial charge in [-0.3, -0.25) is 4.79 Å². The number of amides is 1. The van der Waals surface area contributed by atoms with Crippen molar-refractivity contribution in [2.24, 2.45) is 5.92 Å². The highest BCUT2D eigenvalue weighted by atomic mass is 32.1. The van der Waals surface area contributed by atoms with Crippen molar-refractivity contribution in [2.75, 3.05) is 51.4 Å². The summed E-state index contributed by atoms with van der Waals surface area (Å²) in [5.74, 6) is 1.51. The number of piperidine rings is 1. The zero-order valence-corrected chi connectivity index (χ0v) is 14.4. The van der Waals surface area contributed by atoms with Gasteiger partial charge in [-0.25, -0.2) is 4.98 Å². The highest BCUT2D eigenvalue weighted by Gasteiger charge is 2.26. The molecule has 2 fully saturated rings. The number of methoxy groups -OCH3 is 1. The molecule has 0 N–H and O–H groups in total. The molecule has 0 saturated carbocycles. The van der Waals surface area contributed by atoms with Crippen molar-refractivity contribution < 1.29 is 14.3 Å². The van der Waals surface area contributed by atoms with Crippen molar-refractivity contribution >= 4 is 22.6 Å². The third kappa shape index (κ3) is 4.39. The number of aromatic nitrogens is 2. The van der Waals surface area contributed by atoms with E-state index < -0.39 is 0 Å². The first kappa shape index (κ1) is 16.6. The van der Waals surface area contributed by atoms with E-state index >= 15 is 0 Å². The van der Waals surface area contributed by atoms with Gasteiger partial charge in [-0.1, -0.05) is 0 Å². The monoisotopic (exact) mass is 340 g/mol. The van der Waals surface area contributed by atoms with Crippen LogP contribution in [-0.4, -0.2) is 66.7 Å². The zero-order valence-electron chi connectivity index (χ0n) is 13.6. The van der Waals surface area contributed by atoms with Crippen LogP contribution in [0.5, 0.6) is 0 Å². The van der Waals surface area contributed by atoms with E-state index in [1.807, 2.05) is 4.90 Å². The Kier molecular flexibility index (Phi) is 5.80. The van der Waals surface area contributed by atoms with Gasteiger partial charge in [-0.15, -0.1) is 0 Å². The molecule has 2 saturated heterocycles. The molecule has 23 heavy (non-hydrogen) atoms. The van der Waals surface area contributed by atoms with Gasteiger partial charge in [0.05, 0.1) is 13.2 Å². The van der Waals surface area contributed by atoms with Gasteiger partial charge in [0.15, 0.2) is 5.82 Å². The van der Waals surface area contributed by atoms with Gasteiger partial charge in [-0.05, 0) is 18.8 Å².